The van der Waals surface area contributed by atoms with Gasteiger partial charge in [0.1, 0.15) is 0 Å². The average Bonchev–Trinajstić information content (AvgIpc) is 2.52. The molecule has 0 spiro atoms. The van der Waals surface area contributed by atoms with Gasteiger partial charge in [0.25, 0.3) is 0 Å². The van der Waals surface area contributed by atoms with Crippen LogP contribution in [0.1, 0.15) is 39.0 Å². The molecule has 0 amide bonds. The highest BCUT2D eigenvalue weighted by Crippen LogP contribution is 2.22. The Labute approximate surface area is 69.1 Å². The van der Waals surface area contributed by atoms with E-state index >= 15 is 0 Å². The molecule has 1 rings (SSSR count). The van der Waals surface area contributed by atoms with Crippen LogP contribution in [-0.4, -0.2) is 18.8 Å². The van der Waals surface area contributed by atoms with Crippen LogP contribution in [0.4, 0.5) is 0 Å². The Morgan fingerprint density at radius 3 is 2.55 bits per heavy atom. The normalized spacial score (nSPS) is 22.4. The zero-order valence-electron chi connectivity index (χ0n) is 7.38. The van der Waals surface area contributed by atoms with Gasteiger partial charge in [0.2, 0.25) is 0 Å². The summed E-state index contributed by atoms with van der Waals surface area (Å²) in [6, 6.07) is 0. The summed E-state index contributed by atoms with van der Waals surface area (Å²) in [6.07, 6.45) is 7.04. The van der Waals surface area contributed by atoms with E-state index in [9.17, 15) is 0 Å². The summed E-state index contributed by atoms with van der Waals surface area (Å²) in [6.45, 7) is 2.81. The molecule has 0 heterocycles. The number of hydrogen-bond donors (Lipinski definition) is 1. The van der Waals surface area contributed by atoms with E-state index in [4.69, 9.17) is 10.5 Å². The molecular weight excluding hydrogens is 138 g/mol. The van der Waals surface area contributed by atoms with Crippen molar-refractivity contribution in [2.24, 2.45) is 5.73 Å². The van der Waals surface area contributed by atoms with Gasteiger partial charge in [-0.3, -0.25) is 0 Å². The Morgan fingerprint density at radius 1 is 1.45 bits per heavy atom. The average molecular weight is 157 g/mol. The molecule has 1 atom stereocenters. The molecule has 1 aliphatic rings. The molecule has 0 aromatic heterocycles. The fourth-order valence-electron chi connectivity index (χ4n) is 1.62. The van der Waals surface area contributed by atoms with Gasteiger partial charge < -0.3 is 10.5 Å². The molecule has 2 nitrogen and oxygen atoms in total. The van der Waals surface area contributed by atoms with Crippen LogP contribution < -0.4 is 5.73 Å². The van der Waals surface area contributed by atoms with E-state index in [-0.39, 0.29) is 0 Å². The monoisotopic (exact) mass is 157 g/mol. The zero-order chi connectivity index (χ0) is 8.10. The van der Waals surface area contributed by atoms with Crippen LogP contribution >= 0.6 is 0 Å². The minimum atomic E-state index is 0.304. The van der Waals surface area contributed by atoms with Crippen molar-refractivity contribution in [2.45, 2.75) is 51.2 Å². The van der Waals surface area contributed by atoms with Gasteiger partial charge in [-0.25, -0.2) is 0 Å². The Balaban J connectivity index is 2.16. The van der Waals surface area contributed by atoms with Crippen molar-refractivity contribution in [3.63, 3.8) is 0 Å². The molecule has 66 valence electrons. The summed E-state index contributed by atoms with van der Waals surface area (Å²) < 4.78 is 5.78. The van der Waals surface area contributed by atoms with Gasteiger partial charge in [0.15, 0.2) is 0 Å². The SMILES string of the molecule is CCC(CN)OC1CCCC1. The molecule has 1 fully saturated rings. The number of nitrogens with two attached hydrogens (primary N) is 1. The van der Waals surface area contributed by atoms with Crippen LogP contribution in [0, 0.1) is 0 Å². The highest BCUT2D eigenvalue weighted by molar-refractivity contribution is 4.69. The molecule has 1 saturated carbocycles. The van der Waals surface area contributed by atoms with Crippen molar-refractivity contribution in [1.82, 2.24) is 0 Å². The molecule has 0 aliphatic heterocycles. The van der Waals surface area contributed by atoms with Crippen molar-refractivity contribution in [1.29, 1.82) is 0 Å². The van der Waals surface area contributed by atoms with Gasteiger partial charge in [0, 0.05) is 6.54 Å². The first-order valence-electron chi connectivity index (χ1n) is 4.72. The van der Waals surface area contributed by atoms with E-state index in [0.717, 1.165) is 6.42 Å². The molecule has 2 N–H and O–H groups in total. The van der Waals surface area contributed by atoms with Gasteiger partial charge >= 0.3 is 0 Å². The maximum Gasteiger partial charge on any atom is 0.0698 e. The van der Waals surface area contributed by atoms with Gasteiger partial charge in [0.05, 0.1) is 12.2 Å². The Kier molecular flexibility index (Phi) is 3.87. The highest BCUT2D eigenvalue weighted by Gasteiger charge is 2.18. The third-order valence-corrected chi connectivity index (χ3v) is 2.41. The molecule has 1 aliphatic carbocycles. The van der Waals surface area contributed by atoms with E-state index in [2.05, 4.69) is 6.92 Å². The third-order valence-electron chi connectivity index (χ3n) is 2.41. The van der Waals surface area contributed by atoms with E-state index < -0.39 is 0 Å². The van der Waals surface area contributed by atoms with Crippen LogP contribution in [0.2, 0.25) is 0 Å². The molecule has 0 saturated heterocycles. The summed E-state index contributed by atoms with van der Waals surface area (Å²) in [5, 5.41) is 0. The summed E-state index contributed by atoms with van der Waals surface area (Å²) in [5.74, 6) is 0. The van der Waals surface area contributed by atoms with Gasteiger partial charge in [-0.2, -0.15) is 0 Å². The first-order chi connectivity index (χ1) is 5.36. The summed E-state index contributed by atoms with van der Waals surface area (Å²) in [7, 11) is 0. The molecular formula is C9H19NO. The van der Waals surface area contributed by atoms with E-state index in [1.807, 2.05) is 0 Å². The molecule has 11 heavy (non-hydrogen) atoms. The van der Waals surface area contributed by atoms with Crippen LogP contribution in [0.5, 0.6) is 0 Å². The topological polar surface area (TPSA) is 35.2 Å². The third kappa shape index (κ3) is 2.80. The minimum Gasteiger partial charge on any atom is -0.374 e. The Hall–Kier alpha value is -0.0800. The van der Waals surface area contributed by atoms with E-state index in [0.29, 0.717) is 18.8 Å². The zero-order valence-corrected chi connectivity index (χ0v) is 7.38. The minimum absolute atomic E-state index is 0.304. The Bertz CT molecular complexity index is 95.7. The van der Waals surface area contributed by atoms with Crippen molar-refractivity contribution in [2.75, 3.05) is 6.54 Å². The first kappa shape index (κ1) is 9.01. The second-order valence-electron chi connectivity index (χ2n) is 3.31. The number of ether oxygens (including phenoxy) is 1. The summed E-state index contributed by atoms with van der Waals surface area (Å²) >= 11 is 0. The van der Waals surface area contributed by atoms with Crippen LogP contribution in [0.25, 0.3) is 0 Å². The van der Waals surface area contributed by atoms with Crippen LogP contribution in [0.15, 0.2) is 0 Å². The van der Waals surface area contributed by atoms with Gasteiger partial charge in [-0.15, -0.1) is 0 Å². The highest BCUT2D eigenvalue weighted by atomic mass is 16.5. The second-order valence-corrected chi connectivity index (χ2v) is 3.31. The summed E-state index contributed by atoms with van der Waals surface area (Å²) in [4.78, 5) is 0. The van der Waals surface area contributed by atoms with Crippen molar-refractivity contribution in [3.8, 4) is 0 Å². The van der Waals surface area contributed by atoms with Gasteiger partial charge in [-0.1, -0.05) is 19.8 Å². The molecule has 0 aromatic carbocycles. The van der Waals surface area contributed by atoms with Crippen LogP contribution in [-0.2, 0) is 4.74 Å². The van der Waals surface area contributed by atoms with Crippen LogP contribution in [0.3, 0.4) is 0 Å². The number of hydrogen-bond acceptors (Lipinski definition) is 2. The standard InChI is InChI=1S/C9H19NO/c1-2-8(7-10)11-9-5-3-4-6-9/h8-9H,2-7,10H2,1H3. The first-order valence-corrected chi connectivity index (χ1v) is 4.72. The second kappa shape index (κ2) is 4.73. The van der Waals surface area contributed by atoms with E-state index in [1.54, 1.807) is 0 Å². The molecule has 0 aromatic rings. The molecule has 0 radical (unpaired) electrons. The van der Waals surface area contributed by atoms with Crippen molar-refractivity contribution in [3.05, 3.63) is 0 Å². The lowest BCUT2D eigenvalue weighted by atomic mass is 10.2. The predicted molar refractivity (Wildman–Crippen MR) is 46.5 cm³/mol. The maximum atomic E-state index is 5.78. The largest absolute Gasteiger partial charge is 0.374 e. The quantitative estimate of drug-likeness (QED) is 0.674. The molecule has 0 bridgehead atoms. The molecule has 2 heteroatoms. The van der Waals surface area contributed by atoms with Crippen molar-refractivity contribution >= 4 is 0 Å². The van der Waals surface area contributed by atoms with Crippen molar-refractivity contribution < 1.29 is 4.74 Å². The molecule has 1 unspecified atom stereocenters. The summed E-state index contributed by atoms with van der Waals surface area (Å²) in [5.41, 5.74) is 5.54. The predicted octanol–water partition coefficient (Wildman–Crippen LogP) is 1.68. The Morgan fingerprint density at radius 2 is 2.09 bits per heavy atom. The lowest BCUT2D eigenvalue weighted by Crippen LogP contribution is -2.27. The number of rotatable bonds is 4. The smallest absolute Gasteiger partial charge is 0.0698 e. The fourth-order valence-corrected chi connectivity index (χ4v) is 1.62. The fraction of sp³-hybridized carbons (Fsp3) is 1.00. The maximum absolute atomic E-state index is 5.78. The van der Waals surface area contributed by atoms with E-state index in [1.165, 1.54) is 25.7 Å². The lowest BCUT2D eigenvalue weighted by Gasteiger charge is -2.18. The van der Waals surface area contributed by atoms with Gasteiger partial charge in [-0.05, 0) is 19.3 Å². The lowest BCUT2D eigenvalue weighted by molar-refractivity contribution is -0.00451.